The molecular weight excluding hydrogens is 431 g/mol. The Balaban J connectivity index is 0.00000363. The number of carbonyl (C=O) groups excluding carboxylic acids is 1. The fourth-order valence-electron chi connectivity index (χ4n) is 3.96. The molecule has 0 atom stereocenters. The second-order valence-electron chi connectivity index (χ2n) is 8.12. The highest BCUT2D eigenvalue weighted by Gasteiger charge is 2.25. The van der Waals surface area contributed by atoms with Crippen LogP contribution in [0.2, 0.25) is 0 Å². The van der Waals surface area contributed by atoms with E-state index in [1.54, 1.807) is 32.2 Å². The standard InChI is InChI=1S/C24H33FN4O2.ClH/c1-6-9-26-23-19(24(30)27(3)4)14-17(2)15-21(23)29-12-10-28(11-13-29)20-8-7-18(25)16-22(20)31-5;/h7-8,14-16,26H,6,9-13H2,1-5H3;1H. The van der Waals surface area contributed by atoms with Gasteiger partial charge in [-0.05, 0) is 43.2 Å². The third-order valence-electron chi connectivity index (χ3n) is 5.55. The number of piperazine rings is 1. The minimum Gasteiger partial charge on any atom is -0.494 e. The normalized spacial score (nSPS) is 13.4. The highest BCUT2D eigenvalue weighted by Crippen LogP contribution is 2.35. The SMILES string of the molecule is CCCNc1c(C(=O)N(C)C)cc(C)cc1N1CCN(c2ccc(F)cc2OC)CC1.Cl. The number of nitrogens with zero attached hydrogens (tertiary/aromatic N) is 3. The van der Waals surface area contributed by atoms with Crippen LogP contribution in [0.5, 0.6) is 5.75 Å². The van der Waals surface area contributed by atoms with Gasteiger partial charge in [0.05, 0.1) is 29.7 Å². The number of benzene rings is 2. The molecule has 32 heavy (non-hydrogen) atoms. The molecule has 6 nitrogen and oxygen atoms in total. The van der Waals surface area contributed by atoms with Crippen LogP contribution in [0.3, 0.4) is 0 Å². The van der Waals surface area contributed by atoms with E-state index >= 15 is 0 Å². The lowest BCUT2D eigenvalue weighted by Crippen LogP contribution is -2.47. The summed E-state index contributed by atoms with van der Waals surface area (Å²) in [6, 6.07) is 8.78. The summed E-state index contributed by atoms with van der Waals surface area (Å²) in [5.74, 6) is 0.245. The lowest BCUT2D eigenvalue weighted by atomic mass is 10.0. The number of ether oxygens (including phenoxy) is 1. The van der Waals surface area contributed by atoms with Gasteiger partial charge in [0, 0.05) is 52.9 Å². The van der Waals surface area contributed by atoms with Gasteiger partial charge in [-0.1, -0.05) is 6.92 Å². The summed E-state index contributed by atoms with van der Waals surface area (Å²) < 4.78 is 19.0. The zero-order valence-electron chi connectivity index (χ0n) is 19.6. The Bertz CT molecular complexity index is 930. The summed E-state index contributed by atoms with van der Waals surface area (Å²) >= 11 is 0. The van der Waals surface area contributed by atoms with Crippen LogP contribution >= 0.6 is 12.4 Å². The first kappa shape index (κ1) is 25.6. The largest absolute Gasteiger partial charge is 0.494 e. The average molecular weight is 465 g/mol. The maximum atomic E-state index is 13.6. The van der Waals surface area contributed by atoms with Crippen LogP contribution in [0.15, 0.2) is 30.3 Å². The third-order valence-corrected chi connectivity index (χ3v) is 5.55. The molecule has 0 aromatic heterocycles. The number of anilines is 3. The fourth-order valence-corrected chi connectivity index (χ4v) is 3.96. The van der Waals surface area contributed by atoms with Crippen molar-refractivity contribution in [3.63, 3.8) is 0 Å². The zero-order chi connectivity index (χ0) is 22.5. The number of hydrogen-bond donors (Lipinski definition) is 1. The van der Waals surface area contributed by atoms with Crippen LogP contribution in [0.4, 0.5) is 21.5 Å². The first-order valence-electron chi connectivity index (χ1n) is 10.8. The molecule has 1 aliphatic rings. The van der Waals surface area contributed by atoms with E-state index in [2.05, 4.69) is 28.1 Å². The Kier molecular flexibility index (Phi) is 9.01. The van der Waals surface area contributed by atoms with Crippen LogP contribution in [0.1, 0.15) is 29.3 Å². The van der Waals surface area contributed by atoms with Gasteiger partial charge < -0.3 is 24.8 Å². The van der Waals surface area contributed by atoms with E-state index < -0.39 is 0 Å². The van der Waals surface area contributed by atoms with Crippen molar-refractivity contribution in [2.24, 2.45) is 0 Å². The van der Waals surface area contributed by atoms with Crippen molar-refractivity contribution in [1.82, 2.24) is 4.90 Å². The number of aryl methyl sites for hydroxylation is 1. The van der Waals surface area contributed by atoms with E-state index in [0.29, 0.717) is 11.3 Å². The van der Waals surface area contributed by atoms with Crippen molar-refractivity contribution in [3.05, 3.63) is 47.3 Å². The third kappa shape index (κ3) is 5.57. The molecular formula is C24H34ClFN4O2. The quantitative estimate of drug-likeness (QED) is 0.657. The predicted molar refractivity (Wildman–Crippen MR) is 133 cm³/mol. The molecule has 1 amide bonds. The van der Waals surface area contributed by atoms with Gasteiger partial charge in [-0.3, -0.25) is 4.79 Å². The maximum Gasteiger partial charge on any atom is 0.255 e. The molecule has 0 aliphatic carbocycles. The summed E-state index contributed by atoms with van der Waals surface area (Å²) in [7, 11) is 5.13. The summed E-state index contributed by atoms with van der Waals surface area (Å²) in [4.78, 5) is 19.0. The Hall–Kier alpha value is -2.67. The summed E-state index contributed by atoms with van der Waals surface area (Å²) in [6.07, 6.45) is 0.973. The van der Waals surface area contributed by atoms with Crippen LogP contribution < -0.4 is 19.9 Å². The van der Waals surface area contributed by atoms with Crippen molar-refractivity contribution in [1.29, 1.82) is 0 Å². The van der Waals surface area contributed by atoms with Gasteiger partial charge in [-0.25, -0.2) is 4.39 Å². The fraction of sp³-hybridized carbons (Fsp3) is 0.458. The molecule has 0 radical (unpaired) electrons. The molecule has 176 valence electrons. The second-order valence-corrected chi connectivity index (χ2v) is 8.12. The Morgan fingerprint density at radius 2 is 1.72 bits per heavy atom. The number of hydrogen-bond acceptors (Lipinski definition) is 5. The number of halogens is 2. The van der Waals surface area contributed by atoms with E-state index in [4.69, 9.17) is 4.74 Å². The van der Waals surface area contributed by atoms with Gasteiger partial charge in [0.15, 0.2) is 0 Å². The molecule has 0 saturated carbocycles. The van der Waals surface area contributed by atoms with Gasteiger partial charge >= 0.3 is 0 Å². The van der Waals surface area contributed by atoms with Crippen molar-refractivity contribution in [2.75, 3.05) is 69.0 Å². The van der Waals surface area contributed by atoms with Gasteiger partial charge in [0.1, 0.15) is 11.6 Å². The lowest BCUT2D eigenvalue weighted by Gasteiger charge is -2.39. The maximum absolute atomic E-state index is 13.6. The Morgan fingerprint density at radius 1 is 1.09 bits per heavy atom. The number of nitrogens with one attached hydrogen (secondary N) is 1. The van der Waals surface area contributed by atoms with Crippen LogP contribution in [-0.2, 0) is 0 Å². The van der Waals surface area contributed by atoms with Crippen LogP contribution in [-0.4, -0.2) is 64.7 Å². The molecule has 0 spiro atoms. The van der Waals surface area contributed by atoms with Gasteiger partial charge in [-0.2, -0.15) is 0 Å². The molecule has 2 aromatic carbocycles. The molecule has 1 heterocycles. The van der Waals surface area contributed by atoms with Gasteiger partial charge in [0.25, 0.3) is 5.91 Å². The molecule has 1 aliphatic heterocycles. The highest BCUT2D eigenvalue weighted by molar-refractivity contribution is 6.02. The first-order chi connectivity index (χ1) is 14.8. The molecule has 2 aromatic rings. The lowest BCUT2D eigenvalue weighted by molar-refractivity contribution is 0.0828. The zero-order valence-corrected chi connectivity index (χ0v) is 20.4. The van der Waals surface area contributed by atoms with Crippen molar-refractivity contribution in [2.45, 2.75) is 20.3 Å². The topological polar surface area (TPSA) is 48.1 Å². The monoisotopic (exact) mass is 464 g/mol. The summed E-state index contributed by atoms with van der Waals surface area (Å²) in [5.41, 5.74) is 4.63. The van der Waals surface area contributed by atoms with E-state index in [0.717, 1.165) is 61.8 Å². The molecule has 3 rings (SSSR count). The Morgan fingerprint density at radius 3 is 2.28 bits per heavy atom. The first-order valence-corrected chi connectivity index (χ1v) is 10.8. The van der Waals surface area contributed by atoms with Crippen molar-refractivity contribution in [3.8, 4) is 5.75 Å². The van der Waals surface area contributed by atoms with E-state index in [1.165, 1.54) is 12.1 Å². The predicted octanol–water partition coefficient (Wildman–Crippen LogP) is 4.41. The van der Waals surface area contributed by atoms with Crippen molar-refractivity contribution >= 4 is 35.4 Å². The average Bonchev–Trinajstić information content (AvgIpc) is 2.77. The van der Waals surface area contributed by atoms with E-state index in [9.17, 15) is 9.18 Å². The van der Waals surface area contributed by atoms with Crippen LogP contribution in [0.25, 0.3) is 0 Å². The molecule has 1 saturated heterocycles. The molecule has 1 N–H and O–H groups in total. The number of amides is 1. The Labute approximate surface area is 196 Å². The number of carbonyl (C=O) groups is 1. The highest BCUT2D eigenvalue weighted by atomic mass is 35.5. The molecule has 0 bridgehead atoms. The van der Waals surface area contributed by atoms with Crippen LogP contribution in [0, 0.1) is 12.7 Å². The summed E-state index contributed by atoms with van der Waals surface area (Å²) in [5, 5.41) is 3.49. The smallest absolute Gasteiger partial charge is 0.255 e. The molecule has 1 fully saturated rings. The van der Waals surface area contributed by atoms with E-state index in [-0.39, 0.29) is 24.1 Å². The van der Waals surface area contributed by atoms with Gasteiger partial charge in [0.2, 0.25) is 0 Å². The minimum atomic E-state index is -0.302. The second kappa shape index (κ2) is 11.3. The van der Waals surface area contributed by atoms with E-state index in [1.807, 2.05) is 13.0 Å². The summed E-state index contributed by atoms with van der Waals surface area (Å²) in [6.45, 7) is 8.08. The van der Waals surface area contributed by atoms with Gasteiger partial charge in [-0.15, -0.1) is 12.4 Å². The molecule has 0 unspecified atom stereocenters. The molecule has 8 heteroatoms. The minimum absolute atomic E-state index is 0. The van der Waals surface area contributed by atoms with Crippen molar-refractivity contribution < 1.29 is 13.9 Å². The number of methoxy groups -OCH3 is 1. The number of rotatable bonds is 7.